The van der Waals surface area contributed by atoms with Crippen molar-refractivity contribution in [1.29, 1.82) is 0 Å². The third-order valence-corrected chi connectivity index (χ3v) is 11.5. The predicted molar refractivity (Wildman–Crippen MR) is 173 cm³/mol. The Balaban J connectivity index is 1.01. The molecule has 5 saturated heterocycles. The highest BCUT2D eigenvalue weighted by molar-refractivity contribution is 5.87. The molecule has 1 aromatic rings. The lowest BCUT2D eigenvalue weighted by molar-refractivity contribution is -0.360. The summed E-state index contributed by atoms with van der Waals surface area (Å²) in [6.07, 6.45) is -11.9. The summed E-state index contributed by atoms with van der Waals surface area (Å²) in [5, 5.41) is 62.1. The smallest absolute Gasteiger partial charge is 0.331 e. The Labute approximate surface area is 300 Å². The Morgan fingerprint density at radius 1 is 0.904 bits per heavy atom. The maximum atomic E-state index is 13.7. The molecule has 1 saturated carbocycles. The number of carbonyl (C=O) groups excluding carboxylic acids is 2. The van der Waals surface area contributed by atoms with Crippen LogP contribution in [-0.2, 0) is 47.5 Å². The molecule has 6 N–H and O–H groups in total. The molecule has 0 amide bonds. The summed E-state index contributed by atoms with van der Waals surface area (Å²) in [5.41, 5.74) is 0.109. The molecule has 2 spiro atoms. The zero-order valence-corrected chi connectivity index (χ0v) is 28.9. The summed E-state index contributed by atoms with van der Waals surface area (Å²) < 4.78 is 47.6. The van der Waals surface area contributed by atoms with Crippen LogP contribution in [0.3, 0.4) is 0 Å². The minimum Gasteiger partial charge on any atom is -0.459 e. The van der Waals surface area contributed by atoms with Crippen molar-refractivity contribution < 1.29 is 78.1 Å². The number of ether oxygens (including phenoxy) is 8. The molecule has 0 radical (unpaired) electrons. The van der Waals surface area contributed by atoms with Crippen LogP contribution in [0.5, 0.6) is 0 Å². The average Bonchev–Trinajstić information content (AvgIpc) is 3.91. The van der Waals surface area contributed by atoms with E-state index in [0.29, 0.717) is 19.4 Å². The van der Waals surface area contributed by atoms with Gasteiger partial charge in [-0.3, -0.25) is 4.79 Å². The molecule has 17 atom stereocenters. The minimum atomic E-state index is -1.76. The predicted octanol–water partition coefficient (Wildman–Crippen LogP) is -0.857. The van der Waals surface area contributed by atoms with E-state index in [-0.39, 0.29) is 31.3 Å². The van der Waals surface area contributed by atoms with Crippen molar-refractivity contribution in [3.05, 3.63) is 42.0 Å². The molecule has 5 heterocycles. The summed E-state index contributed by atoms with van der Waals surface area (Å²) >= 11 is 0. The van der Waals surface area contributed by atoms with Crippen molar-refractivity contribution in [1.82, 2.24) is 0 Å². The maximum absolute atomic E-state index is 13.7. The number of hydrogen-bond donors (Lipinski definition) is 6. The molecule has 1 aliphatic carbocycles. The molecule has 52 heavy (non-hydrogen) atoms. The van der Waals surface area contributed by atoms with Crippen LogP contribution in [0.25, 0.3) is 6.08 Å². The summed E-state index contributed by atoms with van der Waals surface area (Å²) in [6.45, 7) is 3.33. The summed E-state index contributed by atoms with van der Waals surface area (Å²) in [6, 6.07) is 9.41. The van der Waals surface area contributed by atoms with Gasteiger partial charge in [-0.1, -0.05) is 37.3 Å². The molecule has 288 valence electrons. The number of fused-ring (bicyclic) bond motifs is 3. The number of hydrogen-bond acceptors (Lipinski definition) is 16. The van der Waals surface area contributed by atoms with Crippen molar-refractivity contribution in [2.24, 2.45) is 17.8 Å². The molecule has 0 aromatic heterocycles. The molecule has 6 aliphatic rings. The molecular weight excluding hydrogens is 688 g/mol. The van der Waals surface area contributed by atoms with Crippen LogP contribution in [0.2, 0.25) is 0 Å². The van der Waals surface area contributed by atoms with E-state index in [4.69, 9.17) is 37.9 Å². The van der Waals surface area contributed by atoms with Crippen LogP contribution in [0.4, 0.5) is 0 Å². The third-order valence-electron chi connectivity index (χ3n) is 11.5. The van der Waals surface area contributed by atoms with Crippen LogP contribution in [-0.4, -0.2) is 147 Å². The fourth-order valence-corrected chi connectivity index (χ4v) is 8.28. The van der Waals surface area contributed by atoms with E-state index in [1.54, 1.807) is 6.08 Å². The van der Waals surface area contributed by atoms with Crippen molar-refractivity contribution in [3.63, 3.8) is 0 Å². The first-order valence-corrected chi connectivity index (χ1v) is 17.9. The van der Waals surface area contributed by atoms with E-state index in [2.05, 4.69) is 0 Å². The Hall–Kier alpha value is -2.58. The normalized spacial score (nSPS) is 47.3. The lowest BCUT2D eigenvalue weighted by atomic mass is 9.72. The number of rotatable bonds is 8. The van der Waals surface area contributed by atoms with Gasteiger partial charge in [-0.25, -0.2) is 4.79 Å². The molecule has 6 fully saturated rings. The molecule has 5 aliphatic heterocycles. The van der Waals surface area contributed by atoms with Gasteiger partial charge in [0.2, 0.25) is 12.1 Å². The highest BCUT2D eigenvalue weighted by Crippen LogP contribution is 2.62. The Bertz CT molecular complexity index is 1450. The first-order valence-electron chi connectivity index (χ1n) is 17.9. The largest absolute Gasteiger partial charge is 0.459 e. The zero-order chi connectivity index (χ0) is 36.9. The van der Waals surface area contributed by atoms with Gasteiger partial charge in [-0.15, -0.1) is 0 Å². The van der Waals surface area contributed by atoms with E-state index < -0.39 is 109 Å². The monoisotopic (exact) mass is 736 g/mol. The molecule has 0 unspecified atom stereocenters. The number of epoxide rings is 1. The van der Waals surface area contributed by atoms with Crippen molar-refractivity contribution in [2.45, 2.75) is 125 Å². The number of aliphatic hydroxyl groups excluding tert-OH is 6. The van der Waals surface area contributed by atoms with Crippen molar-refractivity contribution in [2.75, 3.05) is 19.8 Å². The van der Waals surface area contributed by atoms with Gasteiger partial charge in [-0.05, 0) is 37.8 Å². The second-order valence-corrected chi connectivity index (χ2v) is 14.8. The van der Waals surface area contributed by atoms with Crippen LogP contribution in [0, 0.1) is 17.8 Å². The standard InChI is InChI=1S/C36H48O16/c1-17-15-45-36(13-23(17)48-25(38)11-8-19-6-4-3-5-7-19)35(16-46-35)21-10-9-20(12-22(21)52-36)32(44)51-34-31(29(42)27(40)24(14-37)49-34)50-33-30(43)28(41)26(39)18(2)47-33/h3-8,11,17-18,20-24,26-31,33-34,37,39-43H,9-10,12-16H2,1-2H3/b11-8+/t17-,18+,20+,21+,22-,23-,24-,26+,27-,28-,29+,30+,31+,33+,34+,35+,36+/m1/s1. The molecular formula is C36H48O16. The van der Waals surface area contributed by atoms with Gasteiger partial charge < -0.3 is 68.5 Å². The van der Waals surface area contributed by atoms with Crippen LogP contribution < -0.4 is 0 Å². The number of benzene rings is 1. The molecule has 16 nitrogen and oxygen atoms in total. The number of esters is 2. The SMILES string of the molecule is C[C@@H]1CO[C@@]2(C[C@H]1OC(=O)/C=C/c1ccccc1)O[C@@H]1C[C@@H](C(=O)O[C@@H]3O[C@H](CO)[C@@H](O)[C@H](O)[C@@H]3O[C@@H]3O[C@@H](C)[C@H](O)[C@@H](O)[C@@H]3O)CC[C@@H]1[C@@]21CO1. The van der Waals surface area contributed by atoms with Crippen LogP contribution >= 0.6 is 0 Å². The first-order chi connectivity index (χ1) is 24.9. The molecule has 1 aromatic carbocycles. The fourth-order valence-electron chi connectivity index (χ4n) is 8.28. The van der Waals surface area contributed by atoms with Crippen LogP contribution in [0.1, 0.15) is 45.1 Å². The van der Waals surface area contributed by atoms with E-state index in [9.17, 15) is 40.2 Å². The van der Waals surface area contributed by atoms with Gasteiger partial charge in [0.15, 0.2) is 18.0 Å². The van der Waals surface area contributed by atoms with Gasteiger partial charge >= 0.3 is 11.9 Å². The minimum absolute atomic E-state index is 0.106. The third kappa shape index (κ3) is 6.93. The molecule has 7 rings (SSSR count). The van der Waals surface area contributed by atoms with Crippen molar-refractivity contribution >= 4 is 18.0 Å². The summed E-state index contributed by atoms with van der Waals surface area (Å²) in [4.78, 5) is 26.5. The van der Waals surface area contributed by atoms with E-state index in [0.717, 1.165) is 5.56 Å². The van der Waals surface area contributed by atoms with E-state index in [1.807, 2.05) is 37.3 Å². The summed E-state index contributed by atoms with van der Waals surface area (Å²) in [5.74, 6) is -3.28. The van der Waals surface area contributed by atoms with Gasteiger partial charge in [0.05, 0.1) is 37.9 Å². The van der Waals surface area contributed by atoms with E-state index >= 15 is 0 Å². The topological polar surface area (TPSA) is 233 Å². The van der Waals surface area contributed by atoms with Crippen LogP contribution in [0.15, 0.2) is 36.4 Å². The van der Waals surface area contributed by atoms with Gasteiger partial charge in [-0.2, -0.15) is 0 Å². The average molecular weight is 737 g/mol. The van der Waals surface area contributed by atoms with Gasteiger partial charge in [0.25, 0.3) is 0 Å². The lowest BCUT2D eigenvalue weighted by Crippen LogP contribution is -2.64. The fraction of sp³-hybridized carbons (Fsp3) is 0.722. The van der Waals surface area contributed by atoms with Gasteiger partial charge in [0.1, 0.15) is 42.7 Å². The molecule has 16 heteroatoms. The number of carbonyl (C=O) groups is 2. The maximum Gasteiger partial charge on any atom is 0.331 e. The number of aliphatic hydroxyl groups is 6. The highest BCUT2D eigenvalue weighted by atomic mass is 16.8. The zero-order valence-electron chi connectivity index (χ0n) is 28.9. The highest BCUT2D eigenvalue weighted by Gasteiger charge is 2.76. The first kappa shape index (κ1) is 37.7. The summed E-state index contributed by atoms with van der Waals surface area (Å²) in [7, 11) is 0. The quantitative estimate of drug-likeness (QED) is 0.108. The lowest BCUT2D eigenvalue weighted by Gasteiger charge is -2.45. The van der Waals surface area contributed by atoms with Gasteiger partial charge in [0, 0.05) is 24.3 Å². The second-order valence-electron chi connectivity index (χ2n) is 14.8. The second kappa shape index (κ2) is 14.9. The Morgan fingerprint density at radius 3 is 2.37 bits per heavy atom. The van der Waals surface area contributed by atoms with Crippen molar-refractivity contribution in [3.8, 4) is 0 Å². The Morgan fingerprint density at radius 2 is 1.65 bits per heavy atom. The van der Waals surface area contributed by atoms with E-state index in [1.165, 1.54) is 13.0 Å². The molecule has 0 bridgehead atoms. The Kier molecular flexibility index (Phi) is 10.8.